The van der Waals surface area contributed by atoms with Gasteiger partial charge >= 0.3 is 5.97 Å². The highest BCUT2D eigenvalue weighted by Crippen LogP contribution is 2.48. The smallest absolute Gasteiger partial charge is 0.306 e. The number of benzene rings is 3. The average Bonchev–Trinajstić information content (AvgIpc) is 3.61. The molecule has 6 nitrogen and oxygen atoms in total. The Morgan fingerprint density at radius 1 is 1.09 bits per heavy atom. The zero-order valence-electron chi connectivity index (χ0n) is 18.1. The molecule has 0 radical (unpaired) electrons. The predicted octanol–water partition coefficient (Wildman–Crippen LogP) is 4.62. The van der Waals surface area contributed by atoms with Crippen molar-refractivity contribution in [2.75, 3.05) is 10.8 Å². The number of carboxylic acids is 1. The summed E-state index contributed by atoms with van der Waals surface area (Å²) < 4.78 is 62.8. The lowest BCUT2D eigenvalue weighted by Crippen LogP contribution is -2.45. The first kappa shape index (κ1) is 22.3. The van der Waals surface area contributed by atoms with Gasteiger partial charge in [-0.15, -0.1) is 0 Å². The quantitative estimate of drug-likeness (QED) is 0.570. The summed E-state index contributed by atoms with van der Waals surface area (Å²) in [5.74, 6) is -2.88. The van der Waals surface area contributed by atoms with Crippen molar-refractivity contribution in [1.82, 2.24) is 0 Å². The highest BCUT2D eigenvalue weighted by Gasteiger charge is 2.52. The van der Waals surface area contributed by atoms with Gasteiger partial charge in [0.05, 0.1) is 23.0 Å². The molecule has 1 aliphatic carbocycles. The molecular formula is C25H21F2NO5S. The summed E-state index contributed by atoms with van der Waals surface area (Å²) in [4.78, 5) is 11.5. The third-order valence-electron chi connectivity index (χ3n) is 6.30. The fourth-order valence-electron chi connectivity index (χ4n) is 4.42. The molecule has 9 heteroatoms. The topological polar surface area (TPSA) is 83.9 Å². The zero-order chi connectivity index (χ0) is 24.2. The Labute approximate surface area is 195 Å². The molecule has 0 saturated heterocycles. The molecule has 3 atom stereocenters. The number of hydrogen-bond donors (Lipinski definition) is 1. The highest BCUT2D eigenvalue weighted by molar-refractivity contribution is 7.92. The Morgan fingerprint density at radius 2 is 1.88 bits per heavy atom. The van der Waals surface area contributed by atoms with Crippen LogP contribution in [0.4, 0.5) is 14.5 Å². The van der Waals surface area contributed by atoms with Gasteiger partial charge in [0, 0.05) is 11.5 Å². The van der Waals surface area contributed by atoms with Gasteiger partial charge in [0.15, 0.2) is 0 Å². The Kier molecular flexibility index (Phi) is 5.31. The summed E-state index contributed by atoms with van der Waals surface area (Å²) in [6.45, 7) is 1.69. The standard InChI is InChI=1S/C25H21F2NO5S/c1-14-3-2-4-17(9-14)34(31,32)28-13-24(19-12-20(19)25(29)30)33-23-8-5-15(10-22(23)28)18-11-16(26)6-7-21(18)27/h2-11,19-20,24H,12-13H2,1H3,(H,29,30)/t19-,20-,24+/m0/s1. The third kappa shape index (κ3) is 3.90. The number of aliphatic carboxylic acids is 1. The molecule has 1 N–H and O–H groups in total. The molecule has 0 amide bonds. The van der Waals surface area contributed by atoms with E-state index in [-0.39, 0.29) is 39.9 Å². The summed E-state index contributed by atoms with van der Waals surface area (Å²) in [5, 5.41) is 9.34. The van der Waals surface area contributed by atoms with Crippen molar-refractivity contribution in [3.63, 3.8) is 0 Å². The van der Waals surface area contributed by atoms with Crippen molar-refractivity contribution in [3.05, 3.63) is 77.9 Å². The lowest BCUT2D eigenvalue weighted by atomic mass is 10.0. The molecule has 3 aromatic rings. The van der Waals surface area contributed by atoms with Gasteiger partial charge in [-0.05, 0) is 66.9 Å². The Hall–Kier alpha value is -3.46. The van der Waals surface area contributed by atoms with Gasteiger partial charge in [-0.1, -0.05) is 18.2 Å². The van der Waals surface area contributed by atoms with Crippen LogP contribution in [0.2, 0.25) is 0 Å². The van der Waals surface area contributed by atoms with Crippen LogP contribution < -0.4 is 9.04 Å². The maximum Gasteiger partial charge on any atom is 0.306 e. The average molecular weight is 486 g/mol. The molecule has 5 rings (SSSR count). The lowest BCUT2D eigenvalue weighted by Gasteiger charge is -2.36. The van der Waals surface area contributed by atoms with Crippen molar-refractivity contribution in [1.29, 1.82) is 0 Å². The minimum absolute atomic E-state index is 0.00837. The number of fused-ring (bicyclic) bond motifs is 1. The molecular weight excluding hydrogens is 464 g/mol. The van der Waals surface area contributed by atoms with Crippen molar-refractivity contribution in [2.45, 2.75) is 24.3 Å². The van der Waals surface area contributed by atoms with E-state index >= 15 is 0 Å². The number of hydrogen-bond acceptors (Lipinski definition) is 4. The van der Waals surface area contributed by atoms with Crippen molar-refractivity contribution in [2.24, 2.45) is 11.8 Å². The Bertz CT molecular complexity index is 1410. The molecule has 0 spiro atoms. The molecule has 0 bridgehead atoms. The predicted molar refractivity (Wildman–Crippen MR) is 121 cm³/mol. The van der Waals surface area contributed by atoms with Gasteiger partial charge in [0.25, 0.3) is 10.0 Å². The fourth-order valence-corrected chi connectivity index (χ4v) is 6.01. The second-order valence-electron chi connectivity index (χ2n) is 8.66. The van der Waals surface area contributed by atoms with Gasteiger partial charge < -0.3 is 9.84 Å². The number of aryl methyl sites for hydroxylation is 1. The number of sulfonamides is 1. The van der Waals surface area contributed by atoms with Gasteiger partial charge in [0.1, 0.15) is 23.5 Å². The molecule has 2 aliphatic rings. The second-order valence-corrected chi connectivity index (χ2v) is 10.5. The molecule has 176 valence electrons. The van der Waals surface area contributed by atoms with E-state index in [1.807, 2.05) is 0 Å². The van der Waals surface area contributed by atoms with Crippen LogP contribution >= 0.6 is 0 Å². The summed E-state index contributed by atoms with van der Waals surface area (Å²) >= 11 is 0. The number of rotatable bonds is 5. The second kappa shape index (κ2) is 8.09. The normalized spacial score (nSPS) is 21.5. The molecule has 3 aromatic carbocycles. The van der Waals surface area contributed by atoms with E-state index in [1.54, 1.807) is 25.1 Å². The van der Waals surface area contributed by atoms with E-state index in [2.05, 4.69) is 0 Å². The molecule has 0 unspecified atom stereocenters. The minimum atomic E-state index is -4.05. The number of halogens is 2. The van der Waals surface area contributed by atoms with Crippen LogP contribution in [-0.2, 0) is 14.8 Å². The Morgan fingerprint density at radius 3 is 2.59 bits per heavy atom. The van der Waals surface area contributed by atoms with Crippen LogP contribution in [0, 0.1) is 30.4 Å². The van der Waals surface area contributed by atoms with Crippen LogP contribution in [0.3, 0.4) is 0 Å². The largest absolute Gasteiger partial charge is 0.486 e. The molecule has 1 fully saturated rings. The van der Waals surface area contributed by atoms with Gasteiger partial charge in [-0.25, -0.2) is 17.2 Å². The Balaban J connectivity index is 1.62. The van der Waals surface area contributed by atoms with Gasteiger partial charge in [0.2, 0.25) is 0 Å². The first-order chi connectivity index (χ1) is 16.1. The molecule has 1 aliphatic heterocycles. The van der Waals surface area contributed by atoms with Crippen LogP contribution in [0.1, 0.15) is 12.0 Å². The van der Waals surface area contributed by atoms with E-state index in [4.69, 9.17) is 4.74 Å². The number of carbonyl (C=O) groups is 1. The molecule has 34 heavy (non-hydrogen) atoms. The minimum Gasteiger partial charge on any atom is -0.486 e. The van der Waals surface area contributed by atoms with E-state index in [1.165, 1.54) is 28.6 Å². The molecule has 1 heterocycles. The monoisotopic (exact) mass is 485 g/mol. The van der Waals surface area contributed by atoms with E-state index in [0.29, 0.717) is 6.42 Å². The molecule has 0 aromatic heterocycles. The van der Waals surface area contributed by atoms with Crippen molar-refractivity contribution >= 4 is 21.7 Å². The number of carboxylic acid groups (broad SMARTS) is 1. The van der Waals surface area contributed by atoms with Crippen LogP contribution in [-0.4, -0.2) is 32.1 Å². The maximum atomic E-state index is 14.4. The fraction of sp³-hybridized carbons (Fsp3) is 0.240. The van der Waals surface area contributed by atoms with Crippen molar-refractivity contribution < 1.29 is 31.8 Å². The maximum absolute atomic E-state index is 14.4. The third-order valence-corrected chi connectivity index (χ3v) is 8.08. The summed E-state index contributed by atoms with van der Waals surface area (Å²) in [6.07, 6.45) is -0.245. The van der Waals surface area contributed by atoms with Gasteiger partial charge in [-0.2, -0.15) is 0 Å². The van der Waals surface area contributed by atoms with E-state index in [9.17, 15) is 27.1 Å². The first-order valence-corrected chi connectivity index (χ1v) is 12.2. The number of ether oxygens (including phenoxy) is 1. The number of anilines is 1. The highest BCUT2D eigenvalue weighted by atomic mass is 32.2. The summed E-state index contributed by atoms with van der Waals surface area (Å²) in [7, 11) is -4.05. The summed E-state index contributed by atoms with van der Waals surface area (Å²) in [5.41, 5.74) is 1.23. The summed E-state index contributed by atoms with van der Waals surface area (Å²) in [6, 6.07) is 14.0. The van der Waals surface area contributed by atoms with Crippen LogP contribution in [0.25, 0.3) is 11.1 Å². The zero-order valence-corrected chi connectivity index (χ0v) is 18.9. The van der Waals surface area contributed by atoms with Crippen LogP contribution in [0.15, 0.2) is 65.6 Å². The van der Waals surface area contributed by atoms with E-state index < -0.39 is 39.6 Å². The van der Waals surface area contributed by atoms with Crippen LogP contribution in [0.5, 0.6) is 5.75 Å². The van der Waals surface area contributed by atoms with E-state index in [0.717, 1.165) is 23.8 Å². The van der Waals surface area contributed by atoms with Gasteiger partial charge in [-0.3, -0.25) is 9.10 Å². The first-order valence-electron chi connectivity index (χ1n) is 10.7. The van der Waals surface area contributed by atoms with Crippen molar-refractivity contribution in [3.8, 4) is 16.9 Å². The lowest BCUT2D eigenvalue weighted by molar-refractivity contribution is -0.139. The molecule has 1 saturated carbocycles. The SMILES string of the molecule is Cc1cccc(S(=O)(=O)N2C[C@H]([C@H]3C[C@@H]3C(=O)O)Oc3ccc(-c4cc(F)ccc4F)cc32)c1. The number of nitrogens with zero attached hydrogens (tertiary/aromatic N) is 1.